The summed E-state index contributed by atoms with van der Waals surface area (Å²) in [6.07, 6.45) is -0.744. The largest absolute Gasteiger partial charge is 0.490 e. The number of aliphatic hydroxyl groups excluding tert-OH is 1. The predicted octanol–water partition coefficient (Wildman–Crippen LogP) is 3.04. The van der Waals surface area contributed by atoms with E-state index < -0.39 is 12.1 Å². The highest BCUT2D eigenvalue weighted by molar-refractivity contribution is 5.71. The zero-order valence-corrected chi connectivity index (χ0v) is 13.6. The van der Waals surface area contributed by atoms with Crippen LogP contribution in [0.4, 0.5) is 0 Å². The number of aliphatic carboxylic acids is 1. The molecular weight excluding hydrogens is 308 g/mol. The molecule has 5 nitrogen and oxygen atoms in total. The van der Waals surface area contributed by atoms with Crippen LogP contribution in [0.5, 0.6) is 11.5 Å². The fraction of sp³-hybridized carbons (Fsp3) is 0.316. The maximum absolute atomic E-state index is 10.7. The van der Waals surface area contributed by atoms with E-state index in [1.165, 1.54) is 0 Å². The number of carboxylic acids is 1. The van der Waals surface area contributed by atoms with Crippen LogP contribution in [0.25, 0.3) is 0 Å². The number of ether oxygens (including phenoxy) is 2. The number of aliphatic hydroxyl groups is 1. The molecule has 0 radical (unpaired) electrons. The van der Waals surface area contributed by atoms with Gasteiger partial charge in [-0.05, 0) is 43.0 Å². The fourth-order valence-corrected chi connectivity index (χ4v) is 2.26. The molecule has 0 aliphatic rings. The van der Waals surface area contributed by atoms with Crippen LogP contribution >= 0.6 is 0 Å². The minimum Gasteiger partial charge on any atom is -0.490 e. The zero-order valence-electron chi connectivity index (χ0n) is 13.6. The molecule has 0 aliphatic carbocycles. The third kappa shape index (κ3) is 5.28. The van der Waals surface area contributed by atoms with E-state index in [0.29, 0.717) is 31.1 Å². The van der Waals surface area contributed by atoms with Gasteiger partial charge in [-0.25, -0.2) is 4.79 Å². The van der Waals surface area contributed by atoms with Crippen molar-refractivity contribution in [2.24, 2.45) is 0 Å². The van der Waals surface area contributed by atoms with Gasteiger partial charge in [-0.1, -0.05) is 36.4 Å². The molecule has 2 N–H and O–H groups in total. The van der Waals surface area contributed by atoms with Gasteiger partial charge in [0.1, 0.15) is 6.61 Å². The Morgan fingerprint density at radius 3 is 2.46 bits per heavy atom. The maximum Gasteiger partial charge on any atom is 0.332 e. The lowest BCUT2D eigenvalue weighted by molar-refractivity contribution is -0.146. The Bertz CT molecular complexity index is 654. The number of hydrogen-bond donors (Lipinski definition) is 2. The molecule has 24 heavy (non-hydrogen) atoms. The van der Waals surface area contributed by atoms with Gasteiger partial charge in [0.2, 0.25) is 0 Å². The molecule has 2 rings (SSSR count). The van der Waals surface area contributed by atoms with E-state index in [0.717, 1.165) is 11.1 Å². The van der Waals surface area contributed by atoms with E-state index in [9.17, 15) is 9.90 Å². The van der Waals surface area contributed by atoms with Gasteiger partial charge in [0.15, 0.2) is 17.6 Å². The highest BCUT2D eigenvalue weighted by atomic mass is 16.5. The molecule has 0 saturated heterocycles. The Morgan fingerprint density at radius 1 is 1.04 bits per heavy atom. The minimum atomic E-state index is -1.35. The molecule has 1 atom stereocenters. The van der Waals surface area contributed by atoms with E-state index in [4.69, 9.17) is 14.6 Å². The van der Waals surface area contributed by atoms with Crippen LogP contribution in [-0.2, 0) is 17.8 Å². The topological polar surface area (TPSA) is 76.0 Å². The average Bonchev–Trinajstić information content (AvgIpc) is 2.60. The van der Waals surface area contributed by atoms with Gasteiger partial charge in [0, 0.05) is 0 Å². The molecule has 5 heteroatoms. The van der Waals surface area contributed by atoms with Gasteiger partial charge in [0.05, 0.1) is 6.61 Å². The Labute approximate surface area is 141 Å². The van der Waals surface area contributed by atoms with Crippen molar-refractivity contribution >= 4 is 5.97 Å². The van der Waals surface area contributed by atoms with Crippen molar-refractivity contribution < 1.29 is 24.5 Å². The summed E-state index contributed by atoms with van der Waals surface area (Å²) < 4.78 is 11.4. The van der Waals surface area contributed by atoms with Crippen LogP contribution in [0.3, 0.4) is 0 Å². The number of aryl methyl sites for hydroxylation is 1. The van der Waals surface area contributed by atoms with E-state index in [1.807, 2.05) is 55.5 Å². The zero-order chi connectivity index (χ0) is 17.4. The summed E-state index contributed by atoms with van der Waals surface area (Å²) in [6.45, 7) is 2.84. The van der Waals surface area contributed by atoms with Crippen molar-refractivity contribution in [1.82, 2.24) is 0 Å². The summed E-state index contributed by atoms with van der Waals surface area (Å²) in [6, 6.07) is 15.4. The predicted molar refractivity (Wildman–Crippen MR) is 90.3 cm³/mol. The Kier molecular flexibility index (Phi) is 6.63. The average molecular weight is 330 g/mol. The van der Waals surface area contributed by atoms with Gasteiger partial charge in [-0.3, -0.25) is 0 Å². The summed E-state index contributed by atoms with van der Waals surface area (Å²) in [4.78, 5) is 10.7. The molecule has 128 valence electrons. The number of hydrogen-bond acceptors (Lipinski definition) is 4. The van der Waals surface area contributed by atoms with Crippen LogP contribution < -0.4 is 9.47 Å². The lowest BCUT2D eigenvalue weighted by atomic mass is 10.1. The van der Waals surface area contributed by atoms with Crippen LogP contribution in [0, 0.1) is 0 Å². The van der Waals surface area contributed by atoms with Crippen LogP contribution in [0.2, 0.25) is 0 Å². The molecule has 0 amide bonds. The normalized spacial score (nSPS) is 11.8. The second-order valence-electron chi connectivity index (χ2n) is 5.38. The number of benzene rings is 2. The molecule has 2 aromatic carbocycles. The molecule has 0 heterocycles. The lowest BCUT2D eigenvalue weighted by Gasteiger charge is -2.14. The number of carbonyl (C=O) groups is 1. The van der Waals surface area contributed by atoms with Crippen molar-refractivity contribution in [3.05, 3.63) is 59.7 Å². The highest BCUT2D eigenvalue weighted by Gasteiger charge is 2.14. The monoisotopic (exact) mass is 330 g/mol. The smallest absolute Gasteiger partial charge is 0.332 e. The van der Waals surface area contributed by atoms with Gasteiger partial charge in [-0.2, -0.15) is 0 Å². The maximum atomic E-state index is 10.7. The number of carboxylic acid groups (broad SMARTS) is 1. The van der Waals surface area contributed by atoms with Crippen molar-refractivity contribution in [3.63, 3.8) is 0 Å². The van der Waals surface area contributed by atoms with Crippen molar-refractivity contribution in [2.45, 2.75) is 32.5 Å². The van der Waals surface area contributed by atoms with E-state index in [-0.39, 0.29) is 6.42 Å². The first-order valence-corrected chi connectivity index (χ1v) is 7.93. The summed E-state index contributed by atoms with van der Waals surface area (Å²) in [5, 5.41) is 18.1. The molecular formula is C19H22O5. The van der Waals surface area contributed by atoms with Gasteiger partial charge >= 0.3 is 5.97 Å². The lowest BCUT2D eigenvalue weighted by Crippen LogP contribution is -2.19. The summed E-state index contributed by atoms with van der Waals surface area (Å²) in [5.41, 5.74) is 1.96. The third-order valence-corrected chi connectivity index (χ3v) is 3.54. The Hall–Kier alpha value is -2.53. The fourth-order valence-electron chi connectivity index (χ4n) is 2.26. The minimum absolute atomic E-state index is 0.158. The van der Waals surface area contributed by atoms with Gasteiger partial charge in [0.25, 0.3) is 0 Å². The van der Waals surface area contributed by atoms with E-state index >= 15 is 0 Å². The third-order valence-electron chi connectivity index (χ3n) is 3.54. The Balaban J connectivity index is 2.04. The van der Waals surface area contributed by atoms with Crippen molar-refractivity contribution in [2.75, 3.05) is 6.61 Å². The summed E-state index contributed by atoms with van der Waals surface area (Å²) >= 11 is 0. The second-order valence-corrected chi connectivity index (χ2v) is 5.38. The van der Waals surface area contributed by atoms with Crippen molar-refractivity contribution in [3.8, 4) is 11.5 Å². The van der Waals surface area contributed by atoms with E-state index in [2.05, 4.69) is 0 Å². The quantitative estimate of drug-likeness (QED) is 0.739. The first kappa shape index (κ1) is 17.8. The second kappa shape index (κ2) is 8.93. The standard InChI is InChI=1S/C19H22O5/c1-2-23-18-12-14(8-10-16(20)19(21)22)9-11-17(18)24-13-15-6-4-3-5-7-15/h3-7,9,11-12,16,20H,2,8,10,13H2,1H3,(H,21,22). The van der Waals surface area contributed by atoms with Crippen molar-refractivity contribution in [1.29, 1.82) is 0 Å². The Morgan fingerprint density at radius 2 is 1.79 bits per heavy atom. The van der Waals surface area contributed by atoms with E-state index in [1.54, 1.807) is 0 Å². The molecule has 2 aromatic rings. The SMILES string of the molecule is CCOc1cc(CCC(O)C(=O)O)ccc1OCc1ccccc1. The molecule has 0 bridgehead atoms. The molecule has 0 aliphatic heterocycles. The molecule has 0 fully saturated rings. The first-order valence-electron chi connectivity index (χ1n) is 7.93. The molecule has 1 unspecified atom stereocenters. The summed E-state index contributed by atoms with van der Waals surface area (Å²) in [7, 11) is 0. The van der Waals surface area contributed by atoms with Crippen LogP contribution in [-0.4, -0.2) is 28.9 Å². The van der Waals surface area contributed by atoms with Gasteiger partial charge < -0.3 is 19.7 Å². The highest BCUT2D eigenvalue weighted by Crippen LogP contribution is 2.30. The first-order chi connectivity index (χ1) is 11.6. The molecule has 0 aromatic heterocycles. The van der Waals surface area contributed by atoms with Crippen LogP contribution in [0.1, 0.15) is 24.5 Å². The van der Waals surface area contributed by atoms with Crippen LogP contribution in [0.15, 0.2) is 48.5 Å². The molecule has 0 saturated carbocycles. The summed E-state index contributed by atoms with van der Waals surface area (Å²) in [5.74, 6) is 0.0572. The number of rotatable bonds is 9. The van der Waals surface area contributed by atoms with Gasteiger partial charge in [-0.15, -0.1) is 0 Å². The molecule has 0 spiro atoms.